The van der Waals surface area contributed by atoms with Crippen LogP contribution in [0.5, 0.6) is 0 Å². The monoisotopic (exact) mass is 728 g/mol. The van der Waals surface area contributed by atoms with Crippen molar-refractivity contribution < 1.29 is 55.2 Å². The summed E-state index contributed by atoms with van der Waals surface area (Å²) in [4.78, 5) is 17.7. The summed E-state index contributed by atoms with van der Waals surface area (Å²) in [6.45, 7) is 2.30. The summed E-state index contributed by atoms with van der Waals surface area (Å²) in [6.07, 6.45) is 47.3. The fraction of sp³-hybridized carbons (Fsp3) is 1.00. The third kappa shape index (κ3) is 43.7. The molecule has 0 aliphatic heterocycles. The summed E-state index contributed by atoms with van der Waals surface area (Å²) in [5, 5.41) is 0. The van der Waals surface area contributed by atoms with Crippen LogP contribution in [-0.2, 0) is 4.57 Å². The van der Waals surface area contributed by atoms with E-state index in [1.54, 1.807) is 0 Å². The predicted octanol–water partition coefficient (Wildman–Crippen LogP) is 13.4. The topological polar surface area (TPSA) is 57.5 Å². The van der Waals surface area contributed by atoms with Crippen LogP contribution >= 0.6 is 7.60 Å². The van der Waals surface area contributed by atoms with Gasteiger partial charge in [0.25, 0.3) is 0 Å². The molecule has 0 spiro atoms. The smallest absolute Gasteiger partial charge is 0.324 e. The maximum Gasteiger partial charge on any atom is 0.325 e. The normalized spacial score (nSPS) is 11.7. The second kappa shape index (κ2) is 37.7. The molecule has 0 fully saturated rings. The summed E-state index contributed by atoms with van der Waals surface area (Å²) < 4.78 is 10.8. The van der Waals surface area contributed by atoms with Crippen molar-refractivity contribution in [3.63, 3.8) is 0 Å². The van der Waals surface area contributed by atoms with E-state index in [9.17, 15) is 4.57 Å². The van der Waals surface area contributed by atoms with E-state index in [0.717, 1.165) is 12.8 Å². The van der Waals surface area contributed by atoms with Crippen LogP contribution in [0.1, 0.15) is 225 Å². The Balaban J connectivity index is 0. The molecule has 0 aromatic carbocycles. The van der Waals surface area contributed by atoms with E-state index in [2.05, 4.69) is 6.92 Å². The Labute approximate surface area is 292 Å². The molecule has 0 aliphatic carbocycles. The first-order valence-electron chi connectivity index (χ1n) is 18.6. The fourth-order valence-electron chi connectivity index (χ4n) is 6.05. The Bertz CT molecular complexity index is 511. The average Bonchev–Trinajstić information content (AvgIpc) is 2.92. The number of hydrogen-bond acceptors (Lipinski definition) is 1. The second-order valence-electron chi connectivity index (χ2n) is 13.1. The third-order valence-electron chi connectivity index (χ3n) is 8.80. The molecule has 41 heavy (non-hydrogen) atoms. The van der Waals surface area contributed by atoms with Crippen molar-refractivity contribution in [1.82, 2.24) is 0 Å². The third-order valence-corrected chi connectivity index (χ3v) is 9.70. The van der Waals surface area contributed by atoms with Gasteiger partial charge in [0.15, 0.2) is 0 Å². The van der Waals surface area contributed by atoms with Gasteiger partial charge in [-0.25, -0.2) is 0 Å². The zero-order chi connectivity index (χ0) is 29.2. The van der Waals surface area contributed by atoms with Crippen molar-refractivity contribution in [2.75, 3.05) is 6.16 Å². The minimum absolute atomic E-state index is 0. The molecule has 0 saturated heterocycles. The van der Waals surface area contributed by atoms with Gasteiger partial charge in [-0.3, -0.25) is 4.57 Å². The molecule has 246 valence electrons. The Morgan fingerprint density at radius 3 is 0.610 bits per heavy atom. The molecule has 0 aliphatic rings. The van der Waals surface area contributed by atoms with E-state index in [1.807, 2.05) is 0 Å². The zero-order valence-corrected chi connectivity index (χ0v) is 32.1. The van der Waals surface area contributed by atoms with Gasteiger partial charge in [0.2, 0.25) is 0 Å². The molecule has 0 unspecified atom stereocenters. The van der Waals surface area contributed by atoms with Crippen molar-refractivity contribution in [3.8, 4) is 0 Å². The van der Waals surface area contributed by atoms with Crippen LogP contribution < -0.4 is 0 Å². The summed E-state index contributed by atoms with van der Waals surface area (Å²) in [5.41, 5.74) is 0. The van der Waals surface area contributed by atoms with Crippen LogP contribution in [0.2, 0.25) is 0 Å². The van der Waals surface area contributed by atoms with Crippen LogP contribution in [0.15, 0.2) is 0 Å². The summed E-state index contributed by atoms with van der Waals surface area (Å²) in [5.74, 6) is 0. The van der Waals surface area contributed by atoms with Crippen molar-refractivity contribution in [3.05, 3.63) is 0 Å². The van der Waals surface area contributed by atoms with Crippen molar-refractivity contribution in [2.24, 2.45) is 0 Å². The summed E-state index contributed by atoms with van der Waals surface area (Å²) >= 11 is 0. The van der Waals surface area contributed by atoms with Gasteiger partial charge in [-0.2, -0.15) is 0 Å². The first kappa shape index (κ1) is 44.6. The van der Waals surface area contributed by atoms with Crippen LogP contribution in [0.25, 0.3) is 0 Å². The maximum atomic E-state index is 10.8. The average molecular weight is 731 g/mol. The molecule has 0 amide bonds. The van der Waals surface area contributed by atoms with Crippen LogP contribution in [0, 0.1) is 40.8 Å². The molecule has 0 heterocycles. The van der Waals surface area contributed by atoms with E-state index in [4.69, 9.17) is 9.79 Å². The molecule has 0 aromatic rings. The number of unbranched alkanes of at least 4 members (excludes halogenated alkanes) is 33. The van der Waals surface area contributed by atoms with Crippen LogP contribution in [-0.4, -0.2) is 15.9 Å². The van der Waals surface area contributed by atoms with Gasteiger partial charge in [-0.05, 0) is 6.42 Å². The molecule has 2 N–H and O–H groups in total. The van der Waals surface area contributed by atoms with Crippen molar-refractivity contribution in [1.29, 1.82) is 0 Å². The predicted molar refractivity (Wildman–Crippen MR) is 180 cm³/mol. The van der Waals surface area contributed by atoms with Gasteiger partial charge in [0.1, 0.15) is 0 Å². The van der Waals surface area contributed by atoms with Crippen LogP contribution in [0.4, 0.5) is 0 Å². The minimum atomic E-state index is -3.77. The van der Waals surface area contributed by atoms with E-state index < -0.39 is 7.60 Å². The molecule has 0 atom stereocenters. The second-order valence-corrected chi connectivity index (χ2v) is 14.8. The van der Waals surface area contributed by atoms with Gasteiger partial charge in [0.05, 0.1) is 0 Å². The zero-order valence-electron chi connectivity index (χ0n) is 28.0. The quantitative estimate of drug-likeness (QED) is 0.0504. The molecule has 0 rings (SSSR count). The Hall–Kier alpha value is 1.50. The van der Waals surface area contributed by atoms with Gasteiger partial charge in [-0.15, -0.1) is 0 Å². The first-order valence-corrected chi connectivity index (χ1v) is 20.4. The first-order chi connectivity index (χ1) is 19.6. The van der Waals surface area contributed by atoms with Crippen LogP contribution in [0.3, 0.4) is 0 Å². The maximum absolute atomic E-state index is 10.8. The molecular formula is C36H75NdO3P. The molecule has 5 heteroatoms. The molecule has 0 radical (unpaired) electrons. The molecule has 0 aromatic heterocycles. The molecule has 0 bridgehead atoms. The van der Waals surface area contributed by atoms with E-state index >= 15 is 0 Å². The van der Waals surface area contributed by atoms with E-state index in [1.165, 1.54) is 199 Å². The van der Waals surface area contributed by atoms with Gasteiger partial charge in [-0.1, -0.05) is 219 Å². The van der Waals surface area contributed by atoms with Gasteiger partial charge < -0.3 is 9.79 Å². The number of hydrogen-bond donors (Lipinski definition) is 2. The Morgan fingerprint density at radius 2 is 0.463 bits per heavy atom. The van der Waals surface area contributed by atoms with Crippen molar-refractivity contribution in [2.45, 2.75) is 225 Å². The Kier molecular flexibility index (Phi) is 41.0. The van der Waals surface area contributed by atoms with Gasteiger partial charge in [0, 0.05) is 47.0 Å². The minimum Gasteiger partial charge on any atom is -0.324 e. The largest absolute Gasteiger partial charge is 0.325 e. The van der Waals surface area contributed by atoms with E-state index in [0.29, 0.717) is 6.42 Å². The number of rotatable bonds is 35. The molecule has 3 nitrogen and oxygen atoms in total. The summed E-state index contributed by atoms with van der Waals surface area (Å²) in [7, 11) is -3.77. The van der Waals surface area contributed by atoms with E-state index in [-0.39, 0.29) is 47.0 Å². The fourth-order valence-corrected chi connectivity index (χ4v) is 6.68. The molecular weight excluding hydrogens is 656 g/mol. The standard InChI is InChI=1S/C36H75O3P.Nd/c1-2-3-4-5-6-7-8-9-10-11-12-13-14-15-16-17-18-19-20-21-22-23-24-25-26-27-28-29-30-31-32-33-34-35-36-40(37,38)39;/h2-36H2,1H3,(H2,37,38,39);. The van der Waals surface area contributed by atoms with Crippen molar-refractivity contribution >= 4 is 7.60 Å². The summed E-state index contributed by atoms with van der Waals surface area (Å²) in [6, 6.07) is 0. The molecule has 0 saturated carbocycles. The Morgan fingerprint density at radius 1 is 0.317 bits per heavy atom. The SMILES string of the molecule is CCCCCCCCCCCCCCCCCCCCCCCCCCCCCCCCCCCCP(=O)(O)O.[Nd]. The van der Waals surface area contributed by atoms with Gasteiger partial charge >= 0.3 is 7.60 Å².